The quantitative estimate of drug-likeness (QED) is 0.142. The van der Waals surface area contributed by atoms with E-state index in [4.69, 9.17) is 27.8 Å². The summed E-state index contributed by atoms with van der Waals surface area (Å²) in [6.45, 7) is 19.0. The Morgan fingerprint density at radius 1 is 0.974 bits per heavy atom. The number of ether oxygens (including phenoxy) is 3. The lowest BCUT2D eigenvalue weighted by Crippen LogP contribution is -2.39. The Morgan fingerprint density at radius 3 is 2.03 bits per heavy atom. The maximum Gasteiger partial charge on any atom is 0.509 e. The second kappa shape index (κ2) is 15.2. The number of carbonyl (C=O) groups is 1. The first-order chi connectivity index (χ1) is 17.4. The zero-order valence-electron chi connectivity index (χ0n) is 24.7. The summed E-state index contributed by atoms with van der Waals surface area (Å²) in [5.74, 6) is 0.579. The van der Waals surface area contributed by atoms with Gasteiger partial charge in [-0.3, -0.25) is 9.05 Å². The third kappa shape index (κ3) is 14.5. The number of phosphoric acid groups is 1. The molecule has 1 aromatic rings. The van der Waals surface area contributed by atoms with Crippen LogP contribution in [0.25, 0.3) is 0 Å². The minimum absolute atomic E-state index is 0.132. The van der Waals surface area contributed by atoms with Crippen LogP contribution in [0, 0.1) is 11.8 Å². The Bertz CT molecular complexity index is 891. The number of rotatable bonds is 15. The van der Waals surface area contributed by atoms with Crippen molar-refractivity contribution in [1.29, 1.82) is 0 Å². The van der Waals surface area contributed by atoms with E-state index in [0.717, 1.165) is 0 Å². The molecule has 11 heteroatoms. The van der Waals surface area contributed by atoms with Gasteiger partial charge in [0.2, 0.25) is 0 Å². The van der Waals surface area contributed by atoms with Crippen molar-refractivity contribution < 1.29 is 42.2 Å². The van der Waals surface area contributed by atoms with Crippen LogP contribution in [0.15, 0.2) is 18.2 Å². The van der Waals surface area contributed by atoms with Gasteiger partial charge in [-0.25, -0.2) is 13.9 Å². The Morgan fingerprint density at radius 2 is 1.55 bits per heavy atom. The van der Waals surface area contributed by atoms with E-state index in [1.165, 1.54) is 0 Å². The van der Waals surface area contributed by atoms with E-state index in [0.29, 0.717) is 23.4 Å². The van der Waals surface area contributed by atoms with Gasteiger partial charge in [0.15, 0.2) is 6.79 Å². The molecule has 0 amide bonds. The van der Waals surface area contributed by atoms with Gasteiger partial charge in [-0.05, 0) is 71.1 Å². The van der Waals surface area contributed by atoms with Gasteiger partial charge < -0.3 is 24.6 Å². The van der Waals surface area contributed by atoms with Gasteiger partial charge in [-0.2, -0.15) is 0 Å². The number of hydrogen-bond donors (Lipinski definition) is 2. The van der Waals surface area contributed by atoms with Crippen molar-refractivity contribution in [2.45, 2.75) is 93.1 Å². The van der Waals surface area contributed by atoms with Gasteiger partial charge in [0.1, 0.15) is 17.5 Å². The Labute approximate surface area is 228 Å². The lowest BCUT2D eigenvalue weighted by Gasteiger charge is -2.27. The molecule has 1 rings (SSSR count). The number of aliphatic hydroxyl groups is 1. The van der Waals surface area contributed by atoms with Gasteiger partial charge in [-0.1, -0.05) is 33.8 Å². The van der Waals surface area contributed by atoms with Crippen molar-refractivity contribution in [3.8, 4) is 5.75 Å². The molecule has 0 spiro atoms. The predicted molar refractivity (Wildman–Crippen MR) is 146 cm³/mol. The molecule has 0 bridgehead atoms. The van der Waals surface area contributed by atoms with E-state index in [1.54, 1.807) is 39.0 Å². The van der Waals surface area contributed by atoms with Crippen LogP contribution in [0.2, 0.25) is 0 Å². The van der Waals surface area contributed by atoms with Gasteiger partial charge in [0.05, 0.1) is 19.8 Å². The van der Waals surface area contributed by atoms with Gasteiger partial charge in [0.25, 0.3) is 0 Å². The van der Waals surface area contributed by atoms with E-state index in [-0.39, 0.29) is 37.2 Å². The van der Waals surface area contributed by atoms with Crippen molar-refractivity contribution in [3.05, 3.63) is 29.3 Å². The second-order valence-corrected chi connectivity index (χ2v) is 13.6. The summed E-state index contributed by atoms with van der Waals surface area (Å²) in [4.78, 5) is 12.4. The maximum atomic E-state index is 13.0. The van der Waals surface area contributed by atoms with Crippen LogP contribution in [-0.2, 0) is 34.2 Å². The van der Waals surface area contributed by atoms with E-state index >= 15 is 0 Å². The fourth-order valence-electron chi connectivity index (χ4n) is 2.83. The van der Waals surface area contributed by atoms with Crippen LogP contribution in [0.4, 0.5) is 4.79 Å². The van der Waals surface area contributed by atoms with E-state index in [1.807, 2.05) is 48.5 Å². The minimum Gasteiger partial charge on any atom is -0.467 e. The van der Waals surface area contributed by atoms with Crippen LogP contribution in [-0.4, -0.2) is 49.0 Å². The molecule has 0 aromatic heterocycles. The monoisotopic (exact) mass is 561 g/mol. The largest absolute Gasteiger partial charge is 0.509 e. The summed E-state index contributed by atoms with van der Waals surface area (Å²) in [7, 11) is -3.84. The number of hydrogen-bond acceptors (Lipinski definition) is 10. The summed E-state index contributed by atoms with van der Waals surface area (Å²) in [6, 6.07) is 5.03. The van der Waals surface area contributed by atoms with Crippen molar-refractivity contribution in [1.82, 2.24) is 5.32 Å². The summed E-state index contributed by atoms with van der Waals surface area (Å²) in [5, 5.41) is 13.3. The van der Waals surface area contributed by atoms with Crippen molar-refractivity contribution in [2.24, 2.45) is 11.8 Å². The molecule has 0 saturated heterocycles. The van der Waals surface area contributed by atoms with Crippen molar-refractivity contribution in [3.63, 3.8) is 0 Å². The summed E-state index contributed by atoms with van der Waals surface area (Å²) < 4.78 is 45.9. The molecule has 2 N–H and O–H groups in total. The van der Waals surface area contributed by atoms with Crippen LogP contribution in [0.3, 0.4) is 0 Å². The smallest absolute Gasteiger partial charge is 0.467 e. The van der Waals surface area contributed by atoms with Crippen molar-refractivity contribution >= 4 is 14.0 Å². The number of aliphatic hydroxyl groups excluding tert-OH is 1. The Hall–Kier alpha value is -1.68. The molecule has 0 aliphatic carbocycles. The van der Waals surface area contributed by atoms with E-state index in [9.17, 15) is 14.5 Å². The molecular formula is C27H48NO9P. The average molecular weight is 562 g/mol. The summed E-state index contributed by atoms with van der Waals surface area (Å²) >= 11 is 0. The highest BCUT2D eigenvalue weighted by atomic mass is 31.2. The topological polar surface area (TPSA) is 122 Å². The average Bonchev–Trinajstić information content (AvgIpc) is 2.77. The van der Waals surface area contributed by atoms with Crippen LogP contribution in [0.5, 0.6) is 5.75 Å². The fourth-order valence-corrected chi connectivity index (χ4v) is 4.19. The third-order valence-electron chi connectivity index (χ3n) is 4.63. The summed E-state index contributed by atoms with van der Waals surface area (Å²) in [6.07, 6.45) is -1.48. The van der Waals surface area contributed by atoms with Gasteiger partial charge >= 0.3 is 14.0 Å². The number of carbonyl (C=O) groups excluding carboxylic acids is 1. The molecule has 0 saturated carbocycles. The Kier molecular flexibility index (Phi) is 13.7. The number of nitrogens with one attached hydrogen (secondary N) is 1. The molecule has 0 aliphatic rings. The summed E-state index contributed by atoms with van der Waals surface area (Å²) in [5.41, 5.74) is 0.139. The Balaban J connectivity index is 3.03. The first kappa shape index (κ1) is 34.3. The van der Waals surface area contributed by atoms with Crippen LogP contribution < -0.4 is 10.1 Å². The molecule has 0 radical (unpaired) electrons. The van der Waals surface area contributed by atoms with Crippen LogP contribution >= 0.6 is 7.82 Å². The molecule has 1 atom stereocenters. The SMILES string of the molecule is CC(C)COP(=O)(OCOc1ccc(C(CNC(C)(C)C)OC(=O)OC(C)(C)C)cc1CO)OCC(C)C. The molecule has 1 aromatic carbocycles. The number of phosphoric ester groups is 1. The lowest BCUT2D eigenvalue weighted by atomic mass is 10.0. The second-order valence-electron chi connectivity index (χ2n) is 11.9. The first-order valence-corrected chi connectivity index (χ1v) is 14.4. The molecule has 220 valence electrons. The zero-order chi connectivity index (χ0) is 29.1. The molecule has 0 fully saturated rings. The lowest BCUT2D eigenvalue weighted by molar-refractivity contribution is -0.0282. The molecular weight excluding hydrogens is 513 g/mol. The standard InChI is InChI=1S/C27H48NO9P/c1-19(2)16-33-38(31,34-17-20(3)4)35-18-32-23-12-11-21(13-22(23)15-29)24(14-28-26(5,6)7)36-25(30)37-27(8,9)10/h11-13,19-20,24,28-29H,14-18H2,1-10H3. The van der Waals surface area contributed by atoms with Gasteiger partial charge in [-0.15, -0.1) is 0 Å². The molecule has 0 aliphatic heterocycles. The minimum atomic E-state index is -3.84. The maximum absolute atomic E-state index is 13.0. The van der Waals surface area contributed by atoms with Crippen molar-refractivity contribution in [2.75, 3.05) is 26.6 Å². The highest BCUT2D eigenvalue weighted by Crippen LogP contribution is 2.50. The molecule has 0 heterocycles. The number of benzene rings is 1. The highest BCUT2D eigenvalue weighted by Gasteiger charge is 2.29. The molecule has 1 unspecified atom stereocenters. The normalized spacial score (nSPS) is 13.6. The van der Waals surface area contributed by atoms with Gasteiger partial charge in [0, 0.05) is 17.6 Å². The third-order valence-corrected chi connectivity index (χ3v) is 5.98. The highest BCUT2D eigenvalue weighted by molar-refractivity contribution is 7.48. The molecule has 10 nitrogen and oxygen atoms in total. The predicted octanol–water partition coefficient (Wildman–Crippen LogP) is 6.37. The molecule has 38 heavy (non-hydrogen) atoms. The van der Waals surface area contributed by atoms with E-state index < -0.39 is 32.5 Å². The van der Waals surface area contributed by atoms with E-state index in [2.05, 4.69) is 5.32 Å². The van der Waals surface area contributed by atoms with Crippen LogP contribution in [0.1, 0.15) is 86.5 Å². The fraction of sp³-hybridized carbons (Fsp3) is 0.741. The zero-order valence-corrected chi connectivity index (χ0v) is 25.6. The first-order valence-electron chi connectivity index (χ1n) is 13.0.